The van der Waals surface area contributed by atoms with Crippen LogP contribution >= 0.6 is 15.9 Å². The van der Waals surface area contributed by atoms with Crippen LogP contribution in [0.5, 0.6) is 0 Å². The Labute approximate surface area is 113 Å². The highest BCUT2D eigenvalue weighted by Gasteiger charge is 2.14. The maximum Gasteiger partial charge on any atom is 0.146 e. The fourth-order valence-corrected chi connectivity index (χ4v) is 3.01. The average molecular weight is 305 g/mol. The molecule has 3 aromatic rings. The number of nitrogen functional groups attached to an aromatic ring is 1. The molecule has 2 N–H and O–H groups in total. The number of nitrogens with two attached hydrogens (primary N) is 1. The zero-order valence-corrected chi connectivity index (χ0v) is 11.8. The van der Waals surface area contributed by atoms with E-state index in [-0.39, 0.29) is 0 Å². The number of nitrogens with zero attached hydrogens (tertiary/aromatic N) is 3. The number of halogens is 1. The minimum Gasteiger partial charge on any atom is -0.382 e. The predicted molar refractivity (Wildman–Crippen MR) is 77.2 cm³/mol. The molecule has 0 aliphatic rings. The Morgan fingerprint density at radius 1 is 1.28 bits per heavy atom. The number of para-hydroxylation sites is 1. The summed E-state index contributed by atoms with van der Waals surface area (Å²) in [7, 11) is 3.94. The summed E-state index contributed by atoms with van der Waals surface area (Å²) in [5, 5.41) is 5.39. The molecule has 3 rings (SSSR count). The summed E-state index contributed by atoms with van der Waals surface area (Å²) in [4.78, 5) is 0. The van der Waals surface area contributed by atoms with Crippen LogP contribution in [0.1, 0.15) is 0 Å². The number of aryl methyl sites for hydroxylation is 2. The minimum atomic E-state index is 0.541. The topological polar surface area (TPSA) is 48.8 Å². The summed E-state index contributed by atoms with van der Waals surface area (Å²) in [6, 6.07) is 8.09. The molecule has 0 unspecified atom stereocenters. The van der Waals surface area contributed by atoms with Gasteiger partial charge in [0.2, 0.25) is 0 Å². The van der Waals surface area contributed by atoms with Gasteiger partial charge in [-0.3, -0.25) is 4.68 Å². The Kier molecular flexibility index (Phi) is 2.45. The molecule has 0 amide bonds. The Morgan fingerprint density at radius 2 is 2.06 bits per heavy atom. The molecule has 0 fully saturated rings. The van der Waals surface area contributed by atoms with Gasteiger partial charge in [0.05, 0.1) is 11.2 Å². The van der Waals surface area contributed by atoms with Gasteiger partial charge in [-0.05, 0) is 22.0 Å². The second-order valence-corrected chi connectivity index (χ2v) is 5.22. The van der Waals surface area contributed by atoms with E-state index in [9.17, 15) is 0 Å². The summed E-state index contributed by atoms with van der Waals surface area (Å²) in [6.07, 6.45) is 2.10. The molecule has 1 aromatic carbocycles. The third-order valence-corrected chi connectivity index (χ3v) is 3.77. The highest BCUT2D eigenvalue weighted by molar-refractivity contribution is 9.10. The second kappa shape index (κ2) is 3.88. The van der Waals surface area contributed by atoms with Gasteiger partial charge in [-0.15, -0.1) is 0 Å². The number of fused-ring (bicyclic) bond motifs is 1. The third-order valence-electron chi connectivity index (χ3n) is 3.13. The number of benzene rings is 1. The fraction of sp³-hybridized carbons (Fsp3) is 0.154. The van der Waals surface area contributed by atoms with Crippen LogP contribution in [0.3, 0.4) is 0 Å². The van der Waals surface area contributed by atoms with E-state index in [4.69, 9.17) is 5.73 Å². The first-order chi connectivity index (χ1) is 8.58. The monoisotopic (exact) mass is 304 g/mol. The number of hydrogen-bond donors (Lipinski definition) is 1. The quantitative estimate of drug-likeness (QED) is 0.751. The highest BCUT2D eigenvalue weighted by Crippen LogP contribution is 2.34. The van der Waals surface area contributed by atoms with Crippen molar-refractivity contribution in [3.8, 4) is 11.3 Å². The second-order valence-electron chi connectivity index (χ2n) is 4.37. The molecule has 0 radical (unpaired) electrons. The molecule has 18 heavy (non-hydrogen) atoms. The Balaban J connectivity index is 2.37. The standard InChI is InChI=1S/C13H13BrN4/c1-17-7-9(11-6-12(15)16-18(11)2)8-4-3-5-10(14)13(8)17/h3-7H,1-2H3,(H2,15,16). The van der Waals surface area contributed by atoms with Gasteiger partial charge in [0, 0.05) is 41.8 Å². The lowest BCUT2D eigenvalue weighted by atomic mass is 10.1. The van der Waals surface area contributed by atoms with Gasteiger partial charge in [-0.2, -0.15) is 5.10 Å². The van der Waals surface area contributed by atoms with Crippen LogP contribution in [0.2, 0.25) is 0 Å². The molecule has 2 heterocycles. The lowest BCUT2D eigenvalue weighted by Gasteiger charge is -2.00. The van der Waals surface area contributed by atoms with E-state index in [1.54, 1.807) is 0 Å². The highest BCUT2D eigenvalue weighted by atomic mass is 79.9. The Hall–Kier alpha value is -1.75. The SMILES string of the molecule is Cn1nc(N)cc1-c1cn(C)c2c(Br)cccc12. The maximum absolute atomic E-state index is 5.75. The van der Waals surface area contributed by atoms with Crippen LogP contribution in [-0.4, -0.2) is 14.3 Å². The lowest BCUT2D eigenvalue weighted by molar-refractivity contribution is 0.780. The van der Waals surface area contributed by atoms with E-state index in [0.717, 1.165) is 15.7 Å². The molecule has 0 saturated carbocycles. The van der Waals surface area contributed by atoms with Gasteiger partial charge in [0.1, 0.15) is 5.82 Å². The minimum absolute atomic E-state index is 0.541. The van der Waals surface area contributed by atoms with Crippen LogP contribution < -0.4 is 5.73 Å². The Morgan fingerprint density at radius 3 is 2.72 bits per heavy atom. The molecule has 0 saturated heterocycles. The first-order valence-electron chi connectivity index (χ1n) is 5.61. The molecular weight excluding hydrogens is 292 g/mol. The van der Waals surface area contributed by atoms with E-state index in [1.807, 2.05) is 37.0 Å². The summed E-state index contributed by atoms with van der Waals surface area (Å²) >= 11 is 3.59. The van der Waals surface area contributed by atoms with E-state index in [0.29, 0.717) is 5.82 Å². The van der Waals surface area contributed by atoms with Gasteiger partial charge in [-0.25, -0.2) is 0 Å². The summed E-state index contributed by atoms with van der Waals surface area (Å²) in [6.45, 7) is 0. The molecule has 0 aliphatic heterocycles. The molecule has 0 aliphatic carbocycles. The van der Waals surface area contributed by atoms with Crippen LogP contribution in [0, 0.1) is 0 Å². The van der Waals surface area contributed by atoms with Crippen molar-refractivity contribution in [1.82, 2.24) is 14.3 Å². The fourth-order valence-electron chi connectivity index (χ4n) is 2.36. The number of aromatic nitrogens is 3. The number of anilines is 1. The van der Waals surface area contributed by atoms with Crippen molar-refractivity contribution in [1.29, 1.82) is 0 Å². The lowest BCUT2D eigenvalue weighted by Crippen LogP contribution is -1.94. The first kappa shape index (κ1) is 11.3. The van der Waals surface area contributed by atoms with Crippen LogP contribution in [-0.2, 0) is 14.1 Å². The zero-order valence-electron chi connectivity index (χ0n) is 10.2. The molecule has 5 heteroatoms. The van der Waals surface area contributed by atoms with Crippen LogP contribution in [0.25, 0.3) is 22.2 Å². The van der Waals surface area contributed by atoms with E-state index >= 15 is 0 Å². The third kappa shape index (κ3) is 1.54. The van der Waals surface area contributed by atoms with Crippen LogP contribution in [0.4, 0.5) is 5.82 Å². The Bertz CT molecular complexity index is 739. The van der Waals surface area contributed by atoms with E-state index in [1.165, 1.54) is 10.9 Å². The van der Waals surface area contributed by atoms with E-state index in [2.05, 4.69) is 37.9 Å². The zero-order chi connectivity index (χ0) is 12.9. The number of rotatable bonds is 1. The van der Waals surface area contributed by atoms with Gasteiger partial charge in [0.15, 0.2) is 0 Å². The van der Waals surface area contributed by atoms with Gasteiger partial charge >= 0.3 is 0 Å². The molecule has 2 aromatic heterocycles. The van der Waals surface area contributed by atoms with Crippen molar-refractivity contribution in [2.45, 2.75) is 0 Å². The predicted octanol–water partition coefficient (Wildman–Crippen LogP) is 2.92. The van der Waals surface area contributed by atoms with Crippen molar-refractivity contribution >= 4 is 32.7 Å². The van der Waals surface area contributed by atoms with Crippen molar-refractivity contribution < 1.29 is 0 Å². The van der Waals surface area contributed by atoms with Gasteiger partial charge in [-0.1, -0.05) is 12.1 Å². The summed E-state index contributed by atoms with van der Waals surface area (Å²) in [5.74, 6) is 0.541. The number of hydrogen-bond acceptors (Lipinski definition) is 2. The molecule has 0 atom stereocenters. The van der Waals surface area contributed by atoms with Crippen LogP contribution in [0.15, 0.2) is 34.9 Å². The molecule has 4 nitrogen and oxygen atoms in total. The van der Waals surface area contributed by atoms with Crippen molar-refractivity contribution in [2.24, 2.45) is 14.1 Å². The average Bonchev–Trinajstić information content (AvgIpc) is 2.80. The largest absolute Gasteiger partial charge is 0.382 e. The van der Waals surface area contributed by atoms with Crippen molar-refractivity contribution in [3.05, 3.63) is 34.9 Å². The summed E-state index contributed by atoms with van der Waals surface area (Å²) < 4.78 is 5.01. The van der Waals surface area contributed by atoms with Crippen molar-refractivity contribution in [2.75, 3.05) is 5.73 Å². The smallest absolute Gasteiger partial charge is 0.146 e. The van der Waals surface area contributed by atoms with Gasteiger partial charge < -0.3 is 10.3 Å². The maximum atomic E-state index is 5.75. The summed E-state index contributed by atoms with van der Waals surface area (Å²) in [5.41, 5.74) is 9.09. The van der Waals surface area contributed by atoms with E-state index < -0.39 is 0 Å². The van der Waals surface area contributed by atoms with Gasteiger partial charge in [0.25, 0.3) is 0 Å². The van der Waals surface area contributed by atoms with Crippen molar-refractivity contribution in [3.63, 3.8) is 0 Å². The molecule has 0 bridgehead atoms. The first-order valence-corrected chi connectivity index (χ1v) is 6.40. The molecule has 0 spiro atoms. The normalized spacial score (nSPS) is 11.3. The molecule has 92 valence electrons. The molecular formula is C13H13BrN4.